The lowest BCUT2D eigenvalue weighted by Gasteiger charge is -2.32. The second-order valence-corrected chi connectivity index (χ2v) is 15.1. The number of benzene rings is 3. The van der Waals surface area contributed by atoms with E-state index < -0.39 is 27.7 Å². The Morgan fingerprint density at radius 2 is 1.74 bits per heavy atom. The Hall–Kier alpha value is -5.47. The maximum atomic E-state index is 14.5. The predicted molar refractivity (Wildman–Crippen MR) is 191 cm³/mol. The average Bonchev–Trinajstić information content (AvgIpc) is 3.69. The number of para-hydroxylation sites is 1. The minimum Gasteiger partial charge on any atom is -0.497 e. The van der Waals surface area contributed by atoms with Gasteiger partial charge in [-0.2, -0.15) is 10.4 Å². The summed E-state index contributed by atoms with van der Waals surface area (Å²) in [6.07, 6.45) is 4.47. The van der Waals surface area contributed by atoms with Gasteiger partial charge in [-0.1, -0.05) is 44.2 Å². The molecule has 1 unspecified atom stereocenters. The van der Waals surface area contributed by atoms with E-state index in [4.69, 9.17) is 14.6 Å². The molecular weight excluding hydrogens is 653 g/mol. The third-order valence-corrected chi connectivity index (χ3v) is 10.7. The number of aryl methyl sites for hydroxylation is 1. The topological polar surface area (TPSA) is 132 Å². The summed E-state index contributed by atoms with van der Waals surface area (Å²) in [5, 5.41) is 15.3. The molecule has 0 radical (unpaired) electrons. The summed E-state index contributed by atoms with van der Waals surface area (Å²) in [6, 6.07) is 23.2. The smallest absolute Gasteiger partial charge is 0.272 e. The zero-order valence-electron chi connectivity index (χ0n) is 28.4. The van der Waals surface area contributed by atoms with Gasteiger partial charge >= 0.3 is 0 Å². The molecule has 6 rings (SSSR count). The zero-order chi connectivity index (χ0) is 35.6. The number of hydrogen-bond donors (Lipinski definition) is 0. The van der Waals surface area contributed by atoms with Gasteiger partial charge in [0.15, 0.2) is 9.84 Å². The first-order chi connectivity index (χ1) is 24.0. The number of carbonyl (C=O) groups excluding carboxylic acids is 2. The molecule has 10 nitrogen and oxygen atoms in total. The van der Waals surface area contributed by atoms with Crippen LogP contribution in [0.5, 0.6) is 11.5 Å². The van der Waals surface area contributed by atoms with Crippen molar-refractivity contribution in [1.82, 2.24) is 14.7 Å². The third-order valence-electron chi connectivity index (χ3n) is 8.93. The number of methoxy groups -OCH3 is 1. The van der Waals surface area contributed by atoms with E-state index in [1.165, 1.54) is 7.11 Å². The molecule has 3 aromatic carbocycles. The van der Waals surface area contributed by atoms with Crippen molar-refractivity contribution in [2.45, 2.75) is 39.7 Å². The molecule has 0 spiro atoms. The Morgan fingerprint density at radius 3 is 2.36 bits per heavy atom. The average molecular weight is 691 g/mol. The van der Waals surface area contributed by atoms with Crippen LogP contribution in [0.4, 0.5) is 0 Å². The van der Waals surface area contributed by atoms with Crippen molar-refractivity contribution in [3.05, 3.63) is 107 Å². The Balaban J connectivity index is 1.54. The fourth-order valence-electron chi connectivity index (χ4n) is 6.25. The van der Waals surface area contributed by atoms with Gasteiger partial charge in [-0.05, 0) is 85.4 Å². The summed E-state index contributed by atoms with van der Waals surface area (Å²) in [7, 11) is -1.93. The first-order valence-corrected chi connectivity index (χ1v) is 18.3. The van der Waals surface area contributed by atoms with Crippen LogP contribution in [0.25, 0.3) is 28.6 Å². The van der Waals surface area contributed by atoms with Crippen molar-refractivity contribution in [2.24, 2.45) is 5.92 Å². The molecule has 1 fully saturated rings. The summed E-state index contributed by atoms with van der Waals surface area (Å²) in [5.41, 5.74) is 4.04. The van der Waals surface area contributed by atoms with Crippen molar-refractivity contribution in [1.29, 1.82) is 5.26 Å². The van der Waals surface area contributed by atoms with Crippen molar-refractivity contribution in [2.75, 3.05) is 25.2 Å². The molecule has 0 bridgehead atoms. The molecule has 1 saturated heterocycles. The summed E-state index contributed by atoms with van der Waals surface area (Å²) in [6.45, 7) is 6.86. The summed E-state index contributed by atoms with van der Waals surface area (Å²) >= 11 is 0. The molecule has 1 atom stereocenters. The molecular formula is C39H38N4O6S. The Morgan fingerprint density at radius 1 is 1.02 bits per heavy atom. The van der Waals surface area contributed by atoms with Crippen LogP contribution in [0.3, 0.4) is 0 Å². The highest BCUT2D eigenvalue weighted by Gasteiger charge is 2.45. The highest BCUT2D eigenvalue weighted by molar-refractivity contribution is 7.91. The van der Waals surface area contributed by atoms with Crippen molar-refractivity contribution >= 4 is 33.3 Å². The predicted octanol–water partition coefficient (Wildman–Crippen LogP) is 6.20. The summed E-state index contributed by atoms with van der Waals surface area (Å²) in [4.78, 5) is 29.3. The highest BCUT2D eigenvalue weighted by Crippen LogP contribution is 2.39. The fraction of sp³-hybridized carbons (Fsp3) is 0.282. The van der Waals surface area contributed by atoms with Crippen LogP contribution < -0.4 is 9.47 Å². The summed E-state index contributed by atoms with van der Waals surface area (Å²) in [5.74, 6) is -0.147. The molecule has 50 heavy (non-hydrogen) atoms. The Kier molecular flexibility index (Phi) is 9.75. The number of ether oxygens (including phenoxy) is 2. The SMILES string of the molecule is COc1ccc(C2=C(C#N)C(=O)N(C3CCS(=O)(=O)C3)C(=O)/C2=C\c2cn(-c3ccccc3)nc2-c2ccc(OCCC(C)C)c(C)c2)cc1. The van der Waals surface area contributed by atoms with E-state index in [2.05, 4.69) is 13.8 Å². The van der Waals surface area contributed by atoms with Crippen LogP contribution in [-0.4, -0.2) is 66.2 Å². The number of carbonyl (C=O) groups is 2. The number of aromatic nitrogens is 2. The molecule has 0 saturated carbocycles. The summed E-state index contributed by atoms with van der Waals surface area (Å²) < 4.78 is 38.0. The number of nitriles is 1. The number of rotatable bonds is 10. The molecule has 2 amide bonds. The number of amides is 2. The second-order valence-electron chi connectivity index (χ2n) is 12.9. The van der Waals surface area contributed by atoms with E-state index in [0.717, 1.165) is 33.9 Å². The number of nitrogens with zero attached hydrogens (tertiary/aromatic N) is 4. The molecule has 256 valence electrons. The maximum Gasteiger partial charge on any atom is 0.272 e. The fourth-order valence-corrected chi connectivity index (χ4v) is 7.95. The van der Waals surface area contributed by atoms with Crippen molar-refractivity contribution in [3.8, 4) is 34.5 Å². The van der Waals surface area contributed by atoms with Gasteiger partial charge < -0.3 is 9.47 Å². The molecule has 3 heterocycles. The van der Waals surface area contributed by atoms with Gasteiger partial charge in [-0.25, -0.2) is 13.1 Å². The minimum atomic E-state index is -3.46. The first-order valence-electron chi connectivity index (χ1n) is 16.5. The van der Waals surface area contributed by atoms with Crippen molar-refractivity contribution < 1.29 is 27.5 Å². The van der Waals surface area contributed by atoms with Gasteiger partial charge in [0.2, 0.25) is 0 Å². The lowest BCUT2D eigenvalue weighted by Crippen LogP contribution is -2.49. The van der Waals surface area contributed by atoms with Crippen LogP contribution in [0, 0.1) is 24.2 Å². The molecule has 2 aliphatic rings. The molecule has 11 heteroatoms. The van der Waals surface area contributed by atoms with E-state index in [-0.39, 0.29) is 34.6 Å². The molecule has 1 aromatic heterocycles. The van der Waals surface area contributed by atoms with E-state index in [9.17, 15) is 23.3 Å². The van der Waals surface area contributed by atoms with Gasteiger partial charge in [0.1, 0.15) is 23.1 Å². The number of sulfone groups is 1. The number of hydrogen-bond acceptors (Lipinski definition) is 8. The monoisotopic (exact) mass is 690 g/mol. The molecule has 4 aromatic rings. The van der Waals surface area contributed by atoms with E-state index in [1.807, 2.05) is 61.5 Å². The van der Waals surface area contributed by atoms with E-state index in [1.54, 1.807) is 41.2 Å². The zero-order valence-corrected chi connectivity index (χ0v) is 29.2. The highest BCUT2D eigenvalue weighted by atomic mass is 32.2. The first kappa shape index (κ1) is 34.4. The van der Waals surface area contributed by atoms with Crippen LogP contribution in [0.15, 0.2) is 90.1 Å². The maximum absolute atomic E-state index is 14.5. The van der Waals surface area contributed by atoms with Gasteiger partial charge in [0.05, 0.1) is 48.2 Å². The molecule has 0 aliphatic carbocycles. The largest absolute Gasteiger partial charge is 0.497 e. The lowest BCUT2D eigenvalue weighted by molar-refractivity contribution is -0.142. The molecule has 0 N–H and O–H groups in total. The Bertz CT molecular complexity index is 2160. The van der Waals surface area contributed by atoms with Crippen molar-refractivity contribution in [3.63, 3.8) is 0 Å². The third kappa shape index (κ3) is 6.98. The number of imide groups is 1. The van der Waals surface area contributed by atoms with Gasteiger partial charge in [0.25, 0.3) is 11.8 Å². The minimum absolute atomic E-state index is 0.0786. The van der Waals surface area contributed by atoms with Crippen LogP contribution >= 0.6 is 0 Å². The van der Waals surface area contributed by atoms with Crippen LogP contribution in [0.2, 0.25) is 0 Å². The second kappa shape index (κ2) is 14.2. The van der Waals surface area contributed by atoms with Crippen LogP contribution in [0.1, 0.15) is 43.4 Å². The standard InChI is InChI=1S/C39H38N4O6S/c1-25(2)16-18-49-35-15-12-28(20-26(35)3)37-29(23-42(41-37)30-8-6-5-7-9-30)21-33-36(27-10-13-32(48-4)14-11-27)34(22-40)39(45)43(38(33)44)31-17-19-50(46,47)24-31/h5-15,20-21,23,25,31H,16-19,24H2,1-4H3/b33-21-. The van der Waals surface area contributed by atoms with Crippen LogP contribution in [-0.2, 0) is 19.4 Å². The molecule has 2 aliphatic heterocycles. The quantitative estimate of drug-likeness (QED) is 0.142. The normalized spacial score (nSPS) is 18.2. The van der Waals surface area contributed by atoms with Gasteiger partial charge in [-0.15, -0.1) is 0 Å². The van der Waals surface area contributed by atoms with E-state index >= 15 is 0 Å². The lowest BCUT2D eigenvalue weighted by atomic mass is 9.86. The van der Waals surface area contributed by atoms with E-state index in [0.29, 0.717) is 35.1 Å². The van der Waals surface area contributed by atoms with Gasteiger partial charge in [-0.3, -0.25) is 14.5 Å². The van der Waals surface area contributed by atoms with Gasteiger partial charge in [0, 0.05) is 22.9 Å². The Labute approximate surface area is 292 Å².